The number of aromatic nitrogens is 5. The molecule has 11 heteroatoms. The summed E-state index contributed by atoms with van der Waals surface area (Å²) in [6.45, 7) is 1.80. The SMILES string of the molecule is Cc1occc1-c1nnc(Sc2nc3ccccn3c(=O)c2[N+](=O)[O-])n1C. The zero-order valence-electron chi connectivity index (χ0n) is 14.2. The van der Waals surface area contributed by atoms with Crippen LogP contribution in [0.25, 0.3) is 17.0 Å². The zero-order valence-corrected chi connectivity index (χ0v) is 15.0. The molecular weight excluding hydrogens is 372 g/mol. The first-order chi connectivity index (χ1) is 13.0. The van der Waals surface area contributed by atoms with Gasteiger partial charge in [-0.2, -0.15) is 0 Å². The molecule has 0 bridgehead atoms. The van der Waals surface area contributed by atoms with E-state index in [-0.39, 0.29) is 5.03 Å². The number of nitrogens with zero attached hydrogens (tertiary/aromatic N) is 6. The minimum atomic E-state index is -0.749. The van der Waals surface area contributed by atoms with Crippen molar-refractivity contribution in [3.05, 3.63) is 63.0 Å². The van der Waals surface area contributed by atoms with Gasteiger partial charge >= 0.3 is 11.2 Å². The van der Waals surface area contributed by atoms with Gasteiger partial charge in [-0.3, -0.25) is 19.3 Å². The molecule has 0 N–H and O–H groups in total. The zero-order chi connectivity index (χ0) is 19.1. The predicted octanol–water partition coefficient (Wildman–Crippen LogP) is 2.45. The van der Waals surface area contributed by atoms with E-state index in [2.05, 4.69) is 15.2 Å². The van der Waals surface area contributed by atoms with E-state index in [1.807, 2.05) is 0 Å². The molecule has 0 spiro atoms. The largest absolute Gasteiger partial charge is 0.469 e. The third-order valence-electron chi connectivity index (χ3n) is 3.98. The van der Waals surface area contributed by atoms with Gasteiger partial charge in [0.1, 0.15) is 11.4 Å². The Labute approximate surface area is 155 Å². The third-order valence-corrected chi connectivity index (χ3v) is 5.00. The van der Waals surface area contributed by atoms with Gasteiger partial charge in [-0.1, -0.05) is 6.07 Å². The van der Waals surface area contributed by atoms with Crippen LogP contribution in [0.5, 0.6) is 0 Å². The number of pyridine rings is 1. The number of rotatable bonds is 4. The molecule has 0 atom stereocenters. The highest BCUT2D eigenvalue weighted by molar-refractivity contribution is 7.99. The van der Waals surface area contributed by atoms with Gasteiger partial charge in [-0.05, 0) is 36.9 Å². The van der Waals surface area contributed by atoms with Crippen molar-refractivity contribution in [3.8, 4) is 11.4 Å². The summed E-state index contributed by atoms with van der Waals surface area (Å²) in [5, 5.41) is 20.0. The minimum absolute atomic E-state index is 0.0397. The van der Waals surface area contributed by atoms with Gasteiger partial charge in [0.05, 0.1) is 16.7 Å². The molecule has 0 aliphatic heterocycles. The summed E-state index contributed by atoms with van der Waals surface area (Å²) in [4.78, 5) is 27.5. The van der Waals surface area contributed by atoms with Gasteiger partial charge in [-0.15, -0.1) is 10.2 Å². The highest BCUT2D eigenvalue weighted by atomic mass is 32.2. The molecule has 4 aromatic heterocycles. The summed E-state index contributed by atoms with van der Waals surface area (Å²) in [7, 11) is 1.73. The molecule has 4 rings (SSSR count). The lowest BCUT2D eigenvalue weighted by Crippen LogP contribution is -2.19. The summed E-state index contributed by atoms with van der Waals surface area (Å²) in [5.74, 6) is 1.22. The van der Waals surface area contributed by atoms with E-state index < -0.39 is 16.2 Å². The van der Waals surface area contributed by atoms with Crippen LogP contribution < -0.4 is 5.56 Å². The van der Waals surface area contributed by atoms with Gasteiger partial charge in [0.2, 0.25) is 0 Å². The highest BCUT2D eigenvalue weighted by Gasteiger charge is 2.26. The van der Waals surface area contributed by atoms with Crippen molar-refractivity contribution in [2.24, 2.45) is 7.05 Å². The first kappa shape index (κ1) is 17.0. The molecule has 4 aromatic rings. The predicted molar refractivity (Wildman–Crippen MR) is 95.7 cm³/mol. The van der Waals surface area contributed by atoms with Crippen LogP contribution in [0.4, 0.5) is 5.69 Å². The Morgan fingerprint density at radius 3 is 2.78 bits per heavy atom. The minimum Gasteiger partial charge on any atom is -0.469 e. The Bertz CT molecular complexity index is 1240. The number of aryl methyl sites for hydroxylation is 1. The first-order valence-corrected chi connectivity index (χ1v) is 8.56. The Hall–Kier alpha value is -3.47. The van der Waals surface area contributed by atoms with Crippen LogP contribution in [-0.4, -0.2) is 29.1 Å². The number of hydrogen-bond donors (Lipinski definition) is 0. The second kappa shape index (κ2) is 6.36. The molecule has 0 saturated heterocycles. The number of nitro groups is 1. The van der Waals surface area contributed by atoms with Crippen LogP contribution in [0, 0.1) is 17.0 Å². The van der Waals surface area contributed by atoms with Crippen molar-refractivity contribution in [1.29, 1.82) is 0 Å². The van der Waals surface area contributed by atoms with E-state index >= 15 is 0 Å². The molecule has 0 radical (unpaired) electrons. The van der Waals surface area contributed by atoms with Crippen LogP contribution in [0.3, 0.4) is 0 Å². The van der Waals surface area contributed by atoms with Crippen LogP contribution in [-0.2, 0) is 7.05 Å². The lowest BCUT2D eigenvalue weighted by molar-refractivity contribution is -0.389. The maximum Gasteiger partial charge on any atom is 0.366 e. The molecule has 0 saturated carbocycles. The second-order valence-electron chi connectivity index (χ2n) is 5.61. The molecule has 0 aliphatic carbocycles. The van der Waals surface area contributed by atoms with Crippen molar-refractivity contribution in [2.75, 3.05) is 0 Å². The molecule has 136 valence electrons. The van der Waals surface area contributed by atoms with Gasteiger partial charge < -0.3 is 8.98 Å². The van der Waals surface area contributed by atoms with E-state index in [0.29, 0.717) is 22.4 Å². The fourth-order valence-corrected chi connectivity index (χ4v) is 3.50. The van der Waals surface area contributed by atoms with Crippen molar-refractivity contribution in [3.63, 3.8) is 0 Å². The lowest BCUT2D eigenvalue weighted by Gasteiger charge is -2.05. The number of furan rings is 1. The Morgan fingerprint density at radius 2 is 2.07 bits per heavy atom. The molecule has 0 unspecified atom stereocenters. The summed E-state index contributed by atoms with van der Waals surface area (Å²) in [6, 6.07) is 6.67. The van der Waals surface area contributed by atoms with E-state index in [0.717, 1.165) is 21.7 Å². The fraction of sp³-hybridized carbons (Fsp3) is 0.125. The molecular formula is C16H12N6O4S. The number of fused-ring (bicyclic) bond motifs is 1. The second-order valence-corrected chi connectivity index (χ2v) is 6.57. The molecule has 0 aliphatic rings. The quantitative estimate of drug-likeness (QED) is 0.299. The Balaban J connectivity index is 1.84. The lowest BCUT2D eigenvalue weighted by atomic mass is 10.2. The van der Waals surface area contributed by atoms with E-state index in [9.17, 15) is 14.9 Å². The molecule has 10 nitrogen and oxygen atoms in total. The van der Waals surface area contributed by atoms with E-state index in [1.165, 1.54) is 6.20 Å². The van der Waals surface area contributed by atoms with Crippen molar-refractivity contribution < 1.29 is 9.34 Å². The molecule has 27 heavy (non-hydrogen) atoms. The van der Waals surface area contributed by atoms with Crippen molar-refractivity contribution >= 4 is 23.1 Å². The van der Waals surface area contributed by atoms with Crippen molar-refractivity contribution in [1.82, 2.24) is 24.1 Å². The third kappa shape index (κ3) is 2.77. The maximum atomic E-state index is 12.5. The number of hydrogen-bond acceptors (Lipinski definition) is 8. The van der Waals surface area contributed by atoms with Gasteiger partial charge in [0, 0.05) is 13.2 Å². The summed E-state index contributed by atoms with van der Waals surface area (Å²) in [6.07, 6.45) is 2.98. The first-order valence-electron chi connectivity index (χ1n) is 7.75. The Morgan fingerprint density at radius 1 is 1.26 bits per heavy atom. The standard InChI is InChI=1S/C16H12N6O4S/c1-9-10(6-8-26-9)13-18-19-16(20(13)2)27-14-12(22(24)25)15(23)21-7-4-3-5-11(21)17-14/h3-8H,1-2H3. The molecule has 0 fully saturated rings. The van der Waals surface area contributed by atoms with Crippen LogP contribution in [0.2, 0.25) is 0 Å². The Kier molecular flexibility index (Phi) is 4.00. The topological polar surface area (TPSA) is 121 Å². The maximum absolute atomic E-state index is 12.5. The van der Waals surface area contributed by atoms with Crippen LogP contribution >= 0.6 is 11.8 Å². The normalized spacial score (nSPS) is 11.2. The highest BCUT2D eigenvalue weighted by Crippen LogP contribution is 2.32. The smallest absolute Gasteiger partial charge is 0.366 e. The van der Waals surface area contributed by atoms with Crippen LogP contribution in [0.1, 0.15) is 5.76 Å². The monoisotopic (exact) mass is 384 g/mol. The average Bonchev–Trinajstić information content (AvgIpc) is 3.21. The van der Waals surface area contributed by atoms with Crippen LogP contribution in [0.15, 0.2) is 56.1 Å². The van der Waals surface area contributed by atoms with Gasteiger partial charge in [0.15, 0.2) is 16.0 Å². The molecule has 4 heterocycles. The summed E-state index contributed by atoms with van der Waals surface area (Å²) >= 11 is 0.915. The van der Waals surface area contributed by atoms with Crippen molar-refractivity contribution in [2.45, 2.75) is 17.1 Å². The van der Waals surface area contributed by atoms with E-state index in [4.69, 9.17) is 4.42 Å². The summed E-state index contributed by atoms with van der Waals surface area (Å²) in [5.41, 5.74) is -0.282. The molecule has 0 aromatic carbocycles. The van der Waals surface area contributed by atoms with E-state index in [1.54, 1.807) is 49.1 Å². The average molecular weight is 384 g/mol. The van der Waals surface area contributed by atoms with Gasteiger partial charge in [-0.25, -0.2) is 4.98 Å². The molecule has 0 amide bonds. The summed E-state index contributed by atoms with van der Waals surface area (Å²) < 4.78 is 8.09. The van der Waals surface area contributed by atoms with Gasteiger partial charge in [0.25, 0.3) is 0 Å². The fourth-order valence-electron chi connectivity index (χ4n) is 2.63.